The molecule has 0 radical (unpaired) electrons. The molecule has 0 spiro atoms. The van der Waals surface area contributed by atoms with Crippen molar-refractivity contribution in [2.75, 3.05) is 0 Å². The topological polar surface area (TPSA) is 0 Å². The van der Waals surface area contributed by atoms with Crippen molar-refractivity contribution < 1.29 is 0 Å². The molecule has 0 heteroatoms. The fourth-order valence-corrected chi connectivity index (χ4v) is 4.34. The Bertz CT molecular complexity index is 445. The zero-order valence-corrected chi connectivity index (χ0v) is 16.4. The van der Waals surface area contributed by atoms with Gasteiger partial charge in [-0.2, -0.15) is 0 Å². The van der Waals surface area contributed by atoms with Crippen LogP contribution < -0.4 is 0 Å². The lowest BCUT2D eigenvalue weighted by molar-refractivity contribution is 0.436. The van der Waals surface area contributed by atoms with Crippen LogP contribution in [-0.4, -0.2) is 0 Å². The summed E-state index contributed by atoms with van der Waals surface area (Å²) in [7, 11) is 0. The second-order valence-electron chi connectivity index (χ2n) is 8.28. The van der Waals surface area contributed by atoms with Gasteiger partial charge in [0.25, 0.3) is 0 Å². The van der Waals surface area contributed by atoms with Gasteiger partial charge < -0.3 is 0 Å². The smallest absolute Gasteiger partial charge is 0.0274 e. The first kappa shape index (κ1) is 19.5. The summed E-state index contributed by atoms with van der Waals surface area (Å²) in [5, 5.41) is 0. The quantitative estimate of drug-likeness (QED) is 0.455. The minimum absolute atomic E-state index is 0.931. The Morgan fingerprint density at radius 2 is 1.21 bits per heavy atom. The predicted octanol–water partition coefficient (Wildman–Crippen LogP) is 7.80. The van der Waals surface area contributed by atoms with Gasteiger partial charge in [-0.1, -0.05) is 95.8 Å². The van der Waals surface area contributed by atoms with Gasteiger partial charge in [0.2, 0.25) is 0 Å². The minimum Gasteiger partial charge on any atom is -0.0625 e. The van der Waals surface area contributed by atoms with Gasteiger partial charge in [-0.05, 0) is 55.2 Å². The lowest BCUT2D eigenvalue weighted by Crippen LogP contribution is -2.00. The van der Waals surface area contributed by atoms with E-state index in [1.807, 2.05) is 0 Å². The maximum atomic E-state index is 2.47. The first-order valence-corrected chi connectivity index (χ1v) is 10.8. The molecule has 1 aliphatic rings. The SMILES string of the molecule is Cc1cccc2c1CCCCC(C)CCCCCCCCCCC2. The monoisotopic (exact) mass is 328 g/mol. The van der Waals surface area contributed by atoms with E-state index in [4.69, 9.17) is 0 Å². The highest BCUT2D eigenvalue weighted by Crippen LogP contribution is 2.23. The molecule has 0 heterocycles. The summed E-state index contributed by atoms with van der Waals surface area (Å²) in [4.78, 5) is 0. The number of benzene rings is 1. The first-order valence-electron chi connectivity index (χ1n) is 10.8. The highest BCUT2D eigenvalue weighted by Gasteiger charge is 2.07. The maximum absolute atomic E-state index is 2.47. The van der Waals surface area contributed by atoms with Crippen LogP contribution in [0.2, 0.25) is 0 Å². The van der Waals surface area contributed by atoms with Crippen molar-refractivity contribution in [1.29, 1.82) is 0 Å². The molecular weight excluding hydrogens is 288 g/mol. The molecule has 0 aliphatic heterocycles. The van der Waals surface area contributed by atoms with Crippen molar-refractivity contribution in [1.82, 2.24) is 0 Å². The van der Waals surface area contributed by atoms with Crippen LogP contribution in [0.5, 0.6) is 0 Å². The van der Waals surface area contributed by atoms with E-state index in [1.54, 1.807) is 11.1 Å². The Balaban J connectivity index is 1.90. The normalized spacial score (nSPS) is 23.0. The first-order chi connectivity index (χ1) is 11.8. The molecule has 136 valence electrons. The van der Waals surface area contributed by atoms with Crippen molar-refractivity contribution in [2.45, 2.75) is 110 Å². The third kappa shape index (κ3) is 7.41. The summed E-state index contributed by atoms with van der Waals surface area (Å²) in [6.07, 6.45) is 21.3. The Labute approximate surface area is 151 Å². The van der Waals surface area contributed by atoms with E-state index in [2.05, 4.69) is 32.0 Å². The molecule has 0 aromatic heterocycles. The van der Waals surface area contributed by atoms with Gasteiger partial charge in [0.05, 0.1) is 0 Å². The molecule has 0 N–H and O–H groups in total. The van der Waals surface area contributed by atoms with Gasteiger partial charge in [-0.3, -0.25) is 0 Å². The summed E-state index contributed by atoms with van der Waals surface area (Å²) in [6, 6.07) is 6.97. The number of aryl methyl sites for hydroxylation is 2. The van der Waals surface area contributed by atoms with Gasteiger partial charge in [-0.25, -0.2) is 0 Å². The molecule has 0 nitrogen and oxygen atoms in total. The van der Waals surface area contributed by atoms with Crippen LogP contribution in [0.4, 0.5) is 0 Å². The molecule has 1 unspecified atom stereocenters. The van der Waals surface area contributed by atoms with Crippen LogP contribution in [0.1, 0.15) is 107 Å². The van der Waals surface area contributed by atoms with Crippen LogP contribution in [-0.2, 0) is 12.8 Å². The Morgan fingerprint density at radius 3 is 1.92 bits per heavy atom. The molecule has 1 atom stereocenters. The molecule has 2 rings (SSSR count). The van der Waals surface area contributed by atoms with Crippen molar-refractivity contribution in [3.05, 3.63) is 34.9 Å². The van der Waals surface area contributed by atoms with E-state index in [1.165, 1.54) is 102 Å². The van der Waals surface area contributed by atoms with Crippen LogP contribution >= 0.6 is 0 Å². The zero-order valence-electron chi connectivity index (χ0n) is 16.4. The number of rotatable bonds is 0. The van der Waals surface area contributed by atoms with E-state index >= 15 is 0 Å². The Hall–Kier alpha value is -0.780. The number of fused-ring (bicyclic) bond motifs is 1. The van der Waals surface area contributed by atoms with Crippen LogP contribution in [0, 0.1) is 12.8 Å². The van der Waals surface area contributed by atoms with Crippen molar-refractivity contribution in [3.8, 4) is 0 Å². The highest BCUT2D eigenvalue weighted by atomic mass is 14.1. The van der Waals surface area contributed by atoms with Gasteiger partial charge in [0.15, 0.2) is 0 Å². The fraction of sp³-hybridized carbons (Fsp3) is 0.750. The van der Waals surface area contributed by atoms with Gasteiger partial charge >= 0.3 is 0 Å². The molecule has 1 aromatic carbocycles. The van der Waals surface area contributed by atoms with E-state index in [0.29, 0.717) is 0 Å². The van der Waals surface area contributed by atoms with Gasteiger partial charge in [-0.15, -0.1) is 0 Å². The maximum Gasteiger partial charge on any atom is -0.0274 e. The minimum atomic E-state index is 0.931. The molecule has 0 amide bonds. The second kappa shape index (κ2) is 11.7. The summed E-state index contributed by atoms with van der Waals surface area (Å²) in [6.45, 7) is 4.78. The second-order valence-corrected chi connectivity index (χ2v) is 8.28. The average molecular weight is 329 g/mol. The number of hydrogen-bond acceptors (Lipinski definition) is 0. The Kier molecular flexibility index (Phi) is 9.54. The Morgan fingerprint density at radius 1 is 0.667 bits per heavy atom. The van der Waals surface area contributed by atoms with Crippen LogP contribution in [0.3, 0.4) is 0 Å². The lowest BCUT2D eigenvalue weighted by Gasteiger charge is -2.15. The largest absolute Gasteiger partial charge is 0.0625 e. The van der Waals surface area contributed by atoms with E-state index in [-0.39, 0.29) is 0 Å². The molecule has 0 saturated heterocycles. The van der Waals surface area contributed by atoms with Crippen molar-refractivity contribution in [3.63, 3.8) is 0 Å². The van der Waals surface area contributed by atoms with E-state index in [9.17, 15) is 0 Å². The zero-order chi connectivity index (χ0) is 17.0. The summed E-state index contributed by atoms with van der Waals surface area (Å²) >= 11 is 0. The van der Waals surface area contributed by atoms with Crippen molar-refractivity contribution >= 4 is 0 Å². The van der Waals surface area contributed by atoms with Crippen LogP contribution in [0.25, 0.3) is 0 Å². The summed E-state index contributed by atoms with van der Waals surface area (Å²) in [5.41, 5.74) is 4.84. The molecule has 1 aromatic rings. The molecule has 0 fully saturated rings. The summed E-state index contributed by atoms with van der Waals surface area (Å²) in [5.74, 6) is 0.931. The third-order valence-corrected chi connectivity index (χ3v) is 6.02. The summed E-state index contributed by atoms with van der Waals surface area (Å²) < 4.78 is 0. The molecule has 0 bridgehead atoms. The molecule has 0 saturated carbocycles. The van der Waals surface area contributed by atoms with Crippen molar-refractivity contribution in [2.24, 2.45) is 5.92 Å². The number of hydrogen-bond donors (Lipinski definition) is 0. The molecule has 24 heavy (non-hydrogen) atoms. The third-order valence-electron chi connectivity index (χ3n) is 6.02. The lowest BCUT2D eigenvalue weighted by atomic mass is 9.91. The van der Waals surface area contributed by atoms with Gasteiger partial charge in [0.1, 0.15) is 0 Å². The standard InChI is InChI=1S/C24H40/c1-21-15-10-8-6-4-3-5-7-9-11-18-23-19-14-17-22(2)24(23)20-13-12-16-21/h14,17,19,21H,3-13,15-16,18,20H2,1-2H3. The molecular formula is C24H40. The highest BCUT2D eigenvalue weighted by molar-refractivity contribution is 5.34. The molecule has 1 aliphatic carbocycles. The van der Waals surface area contributed by atoms with E-state index in [0.717, 1.165) is 5.92 Å². The fourth-order valence-electron chi connectivity index (χ4n) is 4.34. The van der Waals surface area contributed by atoms with Crippen LogP contribution in [0.15, 0.2) is 18.2 Å². The average Bonchev–Trinajstić information content (AvgIpc) is 2.57. The van der Waals surface area contributed by atoms with E-state index < -0.39 is 0 Å². The predicted molar refractivity (Wildman–Crippen MR) is 108 cm³/mol. The van der Waals surface area contributed by atoms with Gasteiger partial charge in [0, 0.05) is 0 Å².